The third-order valence-electron chi connectivity index (χ3n) is 4.82. The molecule has 0 aliphatic heterocycles. The number of hydrogen-bond acceptors (Lipinski definition) is 9. The van der Waals surface area contributed by atoms with E-state index in [2.05, 4.69) is 16.0 Å². The van der Waals surface area contributed by atoms with Gasteiger partial charge in [0.25, 0.3) is 5.56 Å². The quantitative estimate of drug-likeness (QED) is 0.250. The highest BCUT2D eigenvalue weighted by molar-refractivity contribution is 7.98. The molecule has 0 bridgehead atoms. The molecule has 0 radical (unpaired) electrons. The van der Waals surface area contributed by atoms with E-state index in [1.807, 2.05) is 19.1 Å². The fraction of sp³-hybridized carbons (Fsp3) is 0.174. The Kier molecular flexibility index (Phi) is 6.44. The number of esters is 1. The molecule has 166 valence electrons. The molecule has 3 aromatic heterocycles. The number of benzene rings is 1. The summed E-state index contributed by atoms with van der Waals surface area (Å²) in [6.07, 6.45) is 1.68. The Morgan fingerprint density at radius 2 is 2.09 bits per heavy atom. The number of anilines is 1. The molecular formula is C23H19N5O3S2. The molecule has 0 aliphatic carbocycles. The largest absolute Gasteiger partial charge is 0.462 e. The number of rotatable bonds is 6. The standard InChI is InChI=1S/C23H19N5O3S2/c1-3-31-22(30)19-16(15(10-24)20(25)33-19)12-32-23-27-17-7-5-4-6-14(17)21(29)28(23)18-9-8-13(2)11-26-18/h4-9,11H,3,12,25H2,1-2H3. The Morgan fingerprint density at radius 1 is 1.30 bits per heavy atom. The first-order valence-electron chi connectivity index (χ1n) is 10.0. The van der Waals surface area contributed by atoms with E-state index < -0.39 is 5.97 Å². The lowest BCUT2D eigenvalue weighted by Crippen LogP contribution is -2.22. The number of nitrogen functional groups attached to an aromatic ring is 1. The van der Waals surface area contributed by atoms with Gasteiger partial charge < -0.3 is 10.5 Å². The molecule has 1 aromatic carbocycles. The molecule has 8 nitrogen and oxygen atoms in total. The van der Waals surface area contributed by atoms with E-state index in [9.17, 15) is 14.9 Å². The van der Waals surface area contributed by atoms with Gasteiger partial charge in [0.15, 0.2) is 5.16 Å². The Bertz CT molecular complexity index is 1450. The van der Waals surface area contributed by atoms with Crippen LogP contribution in [0.2, 0.25) is 0 Å². The number of hydrogen-bond donors (Lipinski definition) is 1. The van der Waals surface area contributed by atoms with Gasteiger partial charge in [-0.15, -0.1) is 11.3 Å². The first-order chi connectivity index (χ1) is 15.9. The fourth-order valence-corrected chi connectivity index (χ4v) is 5.30. The third kappa shape index (κ3) is 4.33. The molecule has 4 aromatic rings. The zero-order valence-electron chi connectivity index (χ0n) is 17.9. The Labute approximate surface area is 197 Å². The summed E-state index contributed by atoms with van der Waals surface area (Å²) in [6.45, 7) is 3.83. The number of pyridine rings is 1. The van der Waals surface area contributed by atoms with Crippen molar-refractivity contribution in [2.75, 3.05) is 12.3 Å². The number of nitrogens with zero attached hydrogens (tertiary/aromatic N) is 4. The van der Waals surface area contributed by atoms with Crippen molar-refractivity contribution in [3.8, 4) is 11.9 Å². The van der Waals surface area contributed by atoms with Gasteiger partial charge in [-0.05, 0) is 37.6 Å². The molecule has 0 unspecified atom stereocenters. The van der Waals surface area contributed by atoms with Gasteiger partial charge in [0.1, 0.15) is 21.8 Å². The van der Waals surface area contributed by atoms with Gasteiger partial charge in [-0.3, -0.25) is 4.79 Å². The van der Waals surface area contributed by atoms with Crippen LogP contribution in [0.25, 0.3) is 16.7 Å². The monoisotopic (exact) mass is 477 g/mol. The van der Waals surface area contributed by atoms with Gasteiger partial charge in [0, 0.05) is 17.5 Å². The SMILES string of the molecule is CCOC(=O)c1sc(N)c(C#N)c1CSc1nc2ccccc2c(=O)n1-c1ccc(C)cn1. The van der Waals surface area contributed by atoms with E-state index in [-0.39, 0.29) is 33.4 Å². The minimum Gasteiger partial charge on any atom is -0.462 e. The van der Waals surface area contributed by atoms with Crippen LogP contribution in [-0.2, 0) is 10.5 Å². The molecule has 0 saturated carbocycles. The summed E-state index contributed by atoms with van der Waals surface area (Å²) < 4.78 is 6.57. The Morgan fingerprint density at radius 3 is 2.79 bits per heavy atom. The van der Waals surface area contributed by atoms with Crippen LogP contribution in [0.1, 0.15) is 33.3 Å². The molecule has 4 rings (SSSR count). The van der Waals surface area contributed by atoms with E-state index in [4.69, 9.17) is 10.5 Å². The van der Waals surface area contributed by atoms with Crippen LogP contribution in [-0.4, -0.2) is 27.1 Å². The summed E-state index contributed by atoms with van der Waals surface area (Å²) in [6, 6.07) is 12.8. The molecule has 0 spiro atoms. The lowest BCUT2D eigenvalue weighted by atomic mass is 10.2. The van der Waals surface area contributed by atoms with Crippen molar-refractivity contribution in [2.24, 2.45) is 0 Å². The van der Waals surface area contributed by atoms with Gasteiger partial charge >= 0.3 is 5.97 Å². The van der Waals surface area contributed by atoms with Crippen LogP contribution in [0, 0.1) is 18.3 Å². The van der Waals surface area contributed by atoms with E-state index in [0.717, 1.165) is 16.9 Å². The summed E-state index contributed by atoms with van der Waals surface area (Å²) >= 11 is 2.25. The van der Waals surface area contributed by atoms with E-state index in [1.165, 1.54) is 16.3 Å². The van der Waals surface area contributed by atoms with Crippen molar-refractivity contribution in [1.29, 1.82) is 5.26 Å². The van der Waals surface area contributed by atoms with Crippen molar-refractivity contribution < 1.29 is 9.53 Å². The van der Waals surface area contributed by atoms with Crippen LogP contribution in [0.5, 0.6) is 0 Å². The lowest BCUT2D eigenvalue weighted by Gasteiger charge is -2.13. The first-order valence-corrected chi connectivity index (χ1v) is 11.8. The van der Waals surface area contributed by atoms with Crippen LogP contribution in [0.4, 0.5) is 5.00 Å². The molecule has 10 heteroatoms. The number of para-hydroxylation sites is 1. The van der Waals surface area contributed by atoms with Crippen molar-refractivity contribution in [1.82, 2.24) is 14.5 Å². The number of nitrogens with two attached hydrogens (primary N) is 1. The van der Waals surface area contributed by atoms with Gasteiger partial charge in [-0.1, -0.05) is 30.0 Å². The number of nitriles is 1. The summed E-state index contributed by atoms with van der Waals surface area (Å²) in [7, 11) is 0. The number of aromatic nitrogens is 3. The number of fused-ring (bicyclic) bond motifs is 1. The Balaban J connectivity index is 1.83. The normalized spacial score (nSPS) is 10.8. The molecule has 2 N–H and O–H groups in total. The van der Waals surface area contributed by atoms with Crippen molar-refractivity contribution >= 4 is 45.0 Å². The minimum absolute atomic E-state index is 0.196. The van der Waals surface area contributed by atoms with Gasteiger partial charge in [0.2, 0.25) is 0 Å². The van der Waals surface area contributed by atoms with Crippen molar-refractivity contribution in [2.45, 2.75) is 24.8 Å². The predicted octanol–water partition coefficient (Wildman–Crippen LogP) is 4.07. The van der Waals surface area contributed by atoms with E-state index in [1.54, 1.807) is 37.4 Å². The fourth-order valence-electron chi connectivity index (χ4n) is 3.25. The molecule has 0 atom stereocenters. The van der Waals surface area contributed by atoms with Crippen molar-refractivity contribution in [3.63, 3.8) is 0 Å². The number of aryl methyl sites for hydroxylation is 1. The number of carbonyl (C=O) groups excluding carboxylic acids is 1. The summed E-state index contributed by atoms with van der Waals surface area (Å²) in [5.74, 6) is 0.0964. The number of ether oxygens (including phenoxy) is 1. The third-order valence-corrected chi connectivity index (χ3v) is 6.83. The summed E-state index contributed by atoms with van der Waals surface area (Å²) in [5, 5.41) is 10.7. The number of carbonyl (C=O) groups is 1. The van der Waals surface area contributed by atoms with Gasteiger partial charge in [0.05, 0.1) is 23.1 Å². The molecule has 0 fully saturated rings. The Hall–Kier alpha value is -3.68. The zero-order valence-corrected chi connectivity index (χ0v) is 19.5. The molecular weight excluding hydrogens is 458 g/mol. The highest BCUT2D eigenvalue weighted by Gasteiger charge is 2.24. The van der Waals surface area contributed by atoms with Crippen LogP contribution in [0.15, 0.2) is 52.5 Å². The zero-order chi connectivity index (χ0) is 23.5. The average Bonchev–Trinajstić information content (AvgIpc) is 3.14. The molecule has 3 heterocycles. The number of thioether (sulfide) groups is 1. The smallest absolute Gasteiger partial charge is 0.348 e. The second-order valence-corrected chi connectivity index (χ2v) is 9.01. The summed E-state index contributed by atoms with van der Waals surface area (Å²) in [4.78, 5) is 35.2. The van der Waals surface area contributed by atoms with Gasteiger partial charge in [-0.25, -0.2) is 19.3 Å². The van der Waals surface area contributed by atoms with Crippen molar-refractivity contribution in [3.05, 3.63) is 74.5 Å². The van der Waals surface area contributed by atoms with E-state index in [0.29, 0.717) is 27.4 Å². The van der Waals surface area contributed by atoms with Crippen LogP contribution in [0.3, 0.4) is 0 Å². The predicted molar refractivity (Wildman–Crippen MR) is 129 cm³/mol. The molecule has 0 saturated heterocycles. The van der Waals surface area contributed by atoms with Crippen LogP contribution < -0.4 is 11.3 Å². The maximum Gasteiger partial charge on any atom is 0.348 e. The minimum atomic E-state index is -0.532. The molecule has 33 heavy (non-hydrogen) atoms. The number of thiophene rings is 1. The van der Waals surface area contributed by atoms with E-state index >= 15 is 0 Å². The summed E-state index contributed by atoms with van der Waals surface area (Å²) in [5.41, 5.74) is 7.94. The first kappa shape index (κ1) is 22.5. The second kappa shape index (κ2) is 9.44. The molecule has 0 amide bonds. The second-order valence-electron chi connectivity index (χ2n) is 7.02. The lowest BCUT2D eigenvalue weighted by molar-refractivity contribution is 0.0531. The van der Waals surface area contributed by atoms with Gasteiger partial charge in [-0.2, -0.15) is 5.26 Å². The maximum atomic E-state index is 13.4. The van der Waals surface area contributed by atoms with Crippen LogP contribution >= 0.6 is 23.1 Å². The highest BCUT2D eigenvalue weighted by Crippen LogP contribution is 2.35. The molecule has 0 aliphatic rings. The average molecular weight is 478 g/mol. The maximum absolute atomic E-state index is 13.4. The topological polar surface area (TPSA) is 124 Å². The highest BCUT2D eigenvalue weighted by atomic mass is 32.2.